The Hall–Kier alpha value is -1.82. The van der Waals surface area contributed by atoms with Gasteiger partial charge in [-0.1, -0.05) is 5.16 Å². The van der Waals surface area contributed by atoms with E-state index in [1.165, 1.54) is 0 Å². The Labute approximate surface area is 119 Å². The monoisotopic (exact) mass is 278 g/mol. The van der Waals surface area contributed by atoms with Gasteiger partial charge in [-0.15, -0.1) is 0 Å². The van der Waals surface area contributed by atoms with Crippen LogP contribution < -0.4 is 5.32 Å². The van der Waals surface area contributed by atoms with Gasteiger partial charge in [0.25, 0.3) is 0 Å². The summed E-state index contributed by atoms with van der Waals surface area (Å²) in [6.07, 6.45) is 4.73. The number of methoxy groups -OCH3 is 1. The van der Waals surface area contributed by atoms with Crippen LogP contribution in [0.4, 0.5) is 5.95 Å². The molecule has 1 N–H and O–H groups in total. The number of imidazole rings is 1. The van der Waals surface area contributed by atoms with Crippen molar-refractivity contribution in [2.24, 2.45) is 0 Å². The van der Waals surface area contributed by atoms with Gasteiger partial charge in [-0.05, 0) is 27.2 Å². The Morgan fingerprint density at radius 3 is 2.90 bits per heavy atom. The average molecular weight is 278 g/mol. The molecule has 2 aromatic rings. The van der Waals surface area contributed by atoms with Gasteiger partial charge in [-0.3, -0.25) is 0 Å². The molecule has 1 atom stereocenters. The molecule has 0 fully saturated rings. The van der Waals surface area contributed by atoms with Crippen LogP contribution in [-0.4, -0.2) is 28.4 Å². The second kappa shape index (κ2) is 6.56. The summed E-state index contributed by atoms with van der Waals surface area (Å²) < 4.78 is 12.4. The van der Waals surface area contributed by atoms with Gasteiger partial charge in [0, 0.05) is 38.2 Å². The van der Waals surface area contributed by atoms with E-state index >= 15 is 0 Å². The zero-order chi connectivity index (χ0) is 14.5. The van der Waals surface area contributed by atoms with E-state index in [2.05, 4.69) is 26.9 Å². The number of hydrogen-bond acceptors (Lipinski definition) is 5. The molecule has 2 heterocycles. The number of rotatable bonds is 7. The molecule has 0 amide bonds. The molecular formula is C14H22N4O2. The maximum Gasteiger partial charge on any atom is 0.203 e. The van der Waals surface area contributed by atoms with Crippen molar-refractivity contribution < 1.29 is 9.26 Å². The minimum Gasteiger partial charge on any atom is -0.385 e. The fraction of sp³-hybridized carbons (Fsp3) is 0.571. The van der Waals surface area contributed by atoms with Crippen molar-refractivity contribution in [1.82, 2.24) is 14.7 Å². The summed E-state index contributed by atoms with van der Waals surface area (Å²) in [6.45, 7) is 7.59. The Morgan fingerprint density at radius 1 is 1.45 bits per heavy atom. The van der Waals surface area contributed by atoms with E-state index in [4.69, 9.17) is 9.26 Å². The normalized spacial score (nSPS) is 12.6. The van der Waals surface area contributed by atoms with Gasteiger partial charge in [0.2, 0.25) is 5.95 Å². The van der Waals surface area contributed by atoms with Gasteiger partial charge in [-0.2, -0.15) is 0 Å². The van der Waals surface area contributed by atoms with E-state index in [0.717, 1.165) is 42.5 Å². The summed E-state index contributed by atoms with van der Waals surface area (Å²) in [7, 11) is 1.71. The third kappa shape index (κ3) is 3.19. The highest BCUT2D eigenvalue weighted by Crippen LogP contribution is 2.24. The lowest BCUT2D eigenvalue weighted by molar-refractivity contribution is 0.190. The van der Waals surface area contributed by atoms with Gasteiger partial charge in [0.1, 0.15) is 5.76 Å². The second-order valence-electron chi connectivity index (χ2n) is 4.89. The zero-order valence-corrected chi connectivity index (χ0v) is 12.5. The van der Waals surface area contributed by atoms with Crippen molar-refractivity contribution in [1.29, 1.82) is 0 Å². The number of aromatic nitrogens is 3. The largest absolute Gasteiger partial charge is 0.385 e. The van der Waals surface area contributed by atoms with Crippen LogP contribution in [0, 0.1) is 13.8 Å². The first-order valence-electron chi connectivity index (χ1n) is 6.83. The summed E-state index contributed by atoms with van der Waals surface area (Å²) in [5, 5.41) is 7.40. The number of ether oxygens (including phenoxy) is 1. The molecule has 0 radical (unpaired) electrons. The van der Waals surface area contributed by atoms with Crippen LogP contribution in [0.15, 0.2) is 16.9 Å². The standard InChI is InChI=1S/C14H22N4O2/c1-10(13-11(2)17-20-12(13)3)16-14-15-6-8-18(14)7-5-9-19-4/h6,8,10H,5,7,9H2,1-4H3,(H,15,16). The molecule has 0 saturated heterocycles. The van der Waals surface area contributed by atoms with Crippen LogP contribution >= 0.6 is 0 Å². The van der Waals surface area contributed by atoms with Crippen LogP contribution in [0.2, 0.25) is 0 Å². The summed E-state index contributed by atoms with van der Waals surface area (Å²) >= 11 is 0. The van der Waals surface area contributed by atoms with Gasteiger partial charge in [0.15, 0.2) is 0 Å². The van der Waals surface area contributed by atoms with Crippen molar-refractivity contribution >= 4 is 5.95 Å². The molecule has 1 unspecified atom stereocenters. The number of aryl methyl sites for hydroxylation is 3. The Balaban J connectivity index is 2.05. The third-order valence-corrected chi connectivity index (χ3v) is 3.33. The average Bonchev–Trinajstić information content (AvgIpc) is 2.97. The quantitative estimate of drug-likeness (QED) is 0.789. The fourth-order valence-electron chi connectivity index (χ4n) is 2.38. The highest BCUT2D eigenvalue weighted by atomic mass is 16.5. The Kier molecular flexibility index (Phi) is 4.79. The van der Waals surface area contributed by atoms with E-state index in [0.29, 0.717) is 0 Å². The first-order chi connectivity index (χ1) is 9.63. The maximum atomic E-state index is 5.21. The molecule has 0 aliphatic rings. The third-order valence-electron chi connectivity index (χ3n) is 3.33. The fourth-order valence-corrected chi connectivity index (χ4v) is 2.38. The van der Waals surface area contributed by atoms with Crippen molar-refractivity contribution in [3.05, 3.63) is 29.4 Å². The van der Waals surface area contributed by atoms with Gasteiger partial charge in [-0.25, -0.2) is 4.98 Å². The molecule has 6 nitrogen and oxygen atoms in total. The molecule has 0 saturated carbocycles. The number of anilines is 1. The molecule has 20 heavy (non-hydrogen) atoms. The number of hydrogen-bond donors (Lipinski definition) is 1. The molecule has 2 rings (SSSR count). The predicted octanol–water partition coefficient (Wildman–Crippen LogP) is 2.70. The van der Waals surface area contributed by atoms with Crippen molar-refractivity contribution in [2.75, 3.05) is 19.0 Å². The van der Waals surface area contributed by atoms with Gasteiger partial charge in [0.05, 0.1) is 11.7 Å². The molecule has 2 aromatic heterocycles. The van der Waals surface area contributed by atoms with Crippen molar-refractivity contribution in [2.45, 2.75) is 39.8 Å². The first-order valence-corrected chi connectivity index (χ1v) is 6.83. The van der Waals surface area contributed by atoms with Crippen LogP contribution in [0.25, 0.3) is 0 Å². The van der Waals surface area contributed by atoms with E-state index in [9.17, 15) is 0 Å². The lowest BCUT2D eigenvalue weighted by Gasteiger charge is -2.16. The van der Waals surface area contributed by atoms with E-state index in [-0.39, 0.29) is 6.04 Å². The molecule has 0 aliphatic carbocycles. The molecule has 0 aromatic carbocycles. The first kappa shape index (κ1) is 14.6. The predicted molar refractivity (Wildman–Crippen MR) is 76.7 cm³/mol. The second-order valence-corrected chi connectivity index (χ2v) is 4.89. The molecule has 0 aliphatic heterocycles. The smallest absolute Gasteiger partial charge is 0.203 e. The maximum absolute atomic E-state index is 5.21. The van der Waals surface area contributed by atoms with Crippen LogP contribution in [0.1, 0.15) is 36.4 Å². The molecule has 0 bridgehead atoms. The number of nitrogens with one attached hydrogen (secondary N) is 1. The lowest BCUT2D eigenvalue weighted by atomic mass is 10.1. The van der Waals surface area contributed by atoms with E-state index in [1.54, 1.807) is 13.3 Å². The van der Waals surface area contributed by atoms with Crippen LogP contribution in [0.3, 0.4) is 0 Å². The Bertz CT molecular complexity index is 528. The topological polar surface area (TPSA) is 65.1 Å². The SMILES string of the molecule is COCCCn1ccnc1NC(C)c1c(C)noc1C. The van der Waals surface area contributed by atoms with Crippen molar-refractivity contribution in [3.63, 3.8) is 0 Å². The highest BCUT2D eigenvalue weighted by Gasteiger charge is 2.17. The van der Waals surface area contributed by atoms with Gasteiger partial charge < -0.3 is 19.1 Å². The Morgan fingerprint density at radius 2 is 2.25 bits per heavy atom. The molecule has 6 heteroatoms. The van der Waals surface area contributed by atoms with Gasteiger partial charge >= 0.3 is 0 Å². The summed E-state index contributed by atoms with van der Waals surface area (Å²) in [5.74, 6) is 1.70. The minimum absolute atomic E-state index is 0.102. The summed E-state index contributed by atoms with van der Waals surface area (Å²) in [5.41, 5.74) is 2.01. The zero-order valence-electron chi connectivity index (χ0n) is 12.5. The number of nitrogens with zero attached hydrogens (tertiary/aromatic N) is 3. The van der Waals surface area contributed by atoms with Crippen LogP contribution in [-0.2, 0) is 11.3 Å². The molecule has 110 valence electrons. The van der Waals surface area contributed by atoms with E-state index in [1.807, 2.05) is 20.0 Å². The molecule has 0 spiro atoms. The van der Waals surface area contributed by atoms with E-state index < -0.39 is 0 Å². The van der Waals surface area contributed by atoms with Crippen LogP contribution in [0.5, 0.6) is 0 Å². The minimum atomic E-state index is 0.102. The molecular weight excluding hydrogens is 256 g/mol. The van der Waals surface area contributed by atoms with Crippen molar-refractivity contribution in [3.8, 4) is 0 Å². The summed E-state index contributed by atoms with van der Waals surface area (Å²) in [6, 6.07) is 0.102. The lowest BCUT2D eigenvalue weighted by Crippen LogP contribution is -2.13. The summed E-state index contributed by atoms with van der Waals surface area (Å²) in [4.78, 5) is 4.36. The highest BCUT2D eigenvalue weighted by molar-refractivity contribution is 5.35.